The zero-order valence-electron chi connectivity index (χ0n) is 14.4. The van der Waals surface area contributed by atoms with Gasteiger partial charge in [-0.1, -0.05) is 53.2 Å². The van der Waals surface area contributed by atoms with E-state index in [4.69, 9.17) is 5.11 Å². The minimum absolute atomic E-state index is 0.375. The van der Waals surface area contributed by atoms with Gasteiger partial charge in [0, 0.05) is 6.08 Å². The number of hydrogen-bond acceptors (Lipinski definition) is 3. The molecule has 0 aromatic rings. The average Bonchev–Trinajstić information content (AvgIpc) is 2.42. The Hall–Kier alpha value is -1.91. The van der Waals surface area contributed by atoms with Crippen LogP contribution in [-0.4, -0.2) is 33.5 Å². The van der Waals surface area contributed by atoms with Gasteiger partial charge in [-0.3, -0.25) is 0 Å². The van der Waals surface area contributed by atoms with Crippen LogP contribution in [0.1, 0.15) is 40.5 Å². The molecular weight excluding hydrogens is 292 g/mol. The molecule has 0 bridgehead atoms. The van der Waals surface area contributed by atoms with Crippen molar-refractivity contribution in [2.24, 2.45) is 0 Å². The van der Waals surface area contributed by atoms with Crippen molar-refractivity contribution in [1.82, 2.24) is 0 Å². The number of carboxylic acids is 1. The average molecular weight is 320 g/mol. The molecule has 3 N–H and O–H groups in total. The van der Waals surface area contributed by atoms with E-state index in [-0.39, 0.29) is 0 Å². The number of allylic oxidation sites excluding steroid dienone is 8. The van der Waals surface area contributed by atoms with E-state index in [1.54, 1.807) is 13.0 Å². The first-order valence-corrected chi connectivity index (χ1v) is 7.68. The van der Waals surface area contributed by atoms with Crippen molar-refractivity contribution < 1.29 is 20.1 Å². The van der Waals surface area contributed by atoms with Gasteiger partial charge >= 0.3 is 5.97 Å². The summed E-state index contributed by atoms with van der Waals surface area (Å²) in [6, 6.07) is 0. The van der Waals surface area contributed by atoms with Crippen molar-refractivity contribution in [2.75, 3.05) is 0 Å². The summed E-state index contributed by atoms with van der Waals surface area (Å²) in [6.07, 6.45) is 12.1. The SMILES string of the molecule is CC(=C\C=C\C(C)=C\C[C@H](O)C[C@H](C)O)/C=C(C)/C=C/C(=O)O. The molecule has 0 rings (SSSR count). The van der Waals surface area contributed by atoms with E-state index in [0.717, 1.165) is 22.8 Å². The summed E-state index contributed by atoms with van der Waals surface area (Å²) in [7, 11) is 0. The maximum absolute atomic E-state index is 10.4. The van der Waals surface area contributed by atoms with Crippen molar-refractivity contribution in [3.05, 3.63) is 59.3 Å². The molecule has 0 saturated carbocycles. The van der Waals surface area contributed by atoms with Gasteiger partial charge in [-0.05, 0) is 40.5 Å². The van der Waals surface area contributed by atoms with E-state index in [0.29, 0.717) is 12.8 Å². The Balaban J connectivity index is 4.53. The second-order valence-corrected chi connectivity index (χ2v) is 5.75. The Labute approximate surface area is 138 Å². The largest absolute Gasteiger partial charge is 0.478 e. The molecular formula is C19H28O4. The zero-order valence-corrected chi connectivity index (χ0v) is 14.4. The Bertz CT molecular complexity index is 519. The van der Waals surface area contributed by atoms with Crippen LogP contribution in [0.25, 0.3) is 0 Å². The number of carbonyl (C=O) groups is 1. The number of aliphatic hydroxyl groups is 2. The predicted octanol–water partition coefficient (Wildman–Crippen LogP) is 3.54. The molecule has 128 valence electrons. The lowest BCUT2D eigenvalue weighted by Gasteiger charge is -2.09. The summed E-state index contributed by atoms with van der Waals surface area (Å²) in [5.74, 6) is -0.960. The lowest BCUT2D eigenvalue weighted by molar-refractivity contribution is -0.131. The van der Waals surface area contributed by atoms with Crippen LogP contribution in [0, 0.1) is 0 Å². The molecule has 0 unspecified atom stereocenters. The fraction of sp³-hybridized carbons (Fsp3) is 0.421. The molecule has 0 radical (unpaired) electrons. The number of rotatable bonds is 9. The molecule has 0 aromatic carbocycles. The van der Waals surface area contributed by atoms with E-state index in [1.807, 2.05) is 51.2 Å². The van der Waals surface area contributed by atoms with E-state index in [1.165, 1.54) is 0 Å². The highest BCUT2D eigenvalue weighted by atomic mass is 16.4. The minimum atomic E-state index is -0.960. The van der Waals surface area contributed by atoms with E-state index < -0.39 is 18.2 Å². The Morgan fingerprint density at radius 3 is 2.22 bits per heavy atom. The van der Waals surface area contributed by atoms with Gasteiger partial charge in [0.2, 0.25) is 0 Å². The minimum Gasteiger partial charge on any atom is -0.478 e. The lowest BCUT2D eigenvalue weighted by atomic mass is 10.1. The van der Waals surface area contributed by atoms with E-state index in [2.05, 4.69) is 0 Å². The van der Waals surface area contributed by atoms with Crippen molar-refractivity contribution in [1.29, 1.82) is 0 Å². The molecule has 0 heterocycles. The topological polar surface area (TPSA) is 77.8 Å². The highest BCUT2D eigenvalue weighted by Crippen LogP contribution is 2.07. The monoisotopic (exact) mass is 320 g/mol. The quantitative estimate of drug-likeness (QED) is 0.448. The molecule has 0 aliphatic rings. The molecule has 2 atom stereocenters. The molecule has 0 aliphatic heterocycles. The van der Waals surface area contributed by atoms with Crippen molar-refractivity contribution in [3.63, 3.8) is 0 Å². The summed E-state index contributed by atoms with van der Waals surface area (Å²) in [5.41, 5.74) is 2.91. The van der Waals surface area contributed by atoms with Gasteiger partial charge in [0.05, 0.1) is 12.2 Å². The van der Waals surface area contributed by atoms with Crippen molar-refractivity contribution >= 4 is 5.97 Å². The van der Waals surface area contributed by atoms with Crippen LogP contribution < -0.4 is 0 Å². The summed E-state index contributed by atoms with van der Waals surface area (Å²) < 4.78 is 0. The fourth-order valence-electron chi connectivity index (χ4n) is 1.89. The summed E-state index contributed by atoms with van der Waals surface area (Å²) >= 11 is 0. The van der Waals surface area contributed by atoms with Crippen molar-refractivity contribution in [2.45, 2.75) is 52.7 Å². The van der Waals surface area contributed by atoms with Crippen LogP contribution in [0.2, 0.25) is 0 Å². The third kappa shape index (κ3) is 13.5. The zero-order chi connectivity index (χ0) is 17.8. The number of aliphatic hydroxyl groups excluding tert-OH is 2. The molecule has 0 saturated heterocycles. The number of hydrogen-bond donors (Lipinski definition) is 3. The van der Waals surface area contributed by atoms with Crippen molar-refractivity contribution in [3.8, 4) is 0 Å². The molecule has 0 aromatic heterocycles. The summed E-state index contributed by atoms with van der Waals surface area (Å²) in [5, 5.41) is 27.4. The first kappa shape index (κ1) is 21.1. The maximum atomic E-state index is 10.4. The first-order chi connectivity index (χ1) is 10.7. The van der Waals surface area contributed by atoms with Crippen LogP contribution in [0.15, 0.2) is 59.3 Å². The second kappa shape index (κ2) is 11.6. The van der Waals surface area contributed by atoms with Gasteiger partial charge in [-0.2, -0.15) is 0 Å². The Morgan fingerprint density at radius 2 is 1.65 bits per heavy atom. The highest BCUT2D eigenvalue weighted by Gasteiger charge is 2.05. The fourth-order valence-corrected chi connectivity index (χ4v) is 1.89. The van der Waals surface area contributed by atoms with Crippen LogP contribution in [0.3, 0.4) is 0 Å². The molecule has 4 nitrogen and oxygen atoms in total. The smallest absolute Gasteiger partial charge is 0.328 e. The first-order valence-electron chi connectivity index (χ1n) is 7.68. The summed E-state index contributed by atoms with van der Waals surface area (Å²) in [4.78, 5) is 10.4. The number of aliphatic carboxylic acids is 1. The third-order valence-electron chi connectivity index (χ3n) is 2.99. The molecule has 0 amide bonds. The molecule has 23 heavy (non-hydrogen) atoms. The van der Waals surface area contributed by atoms with Gasteiger partial charge in [-0.15, -0.1) is 0 Å². The van der Waals surface area contributed by atoms with Gasteiger partial charge in [-0.25, -0.2) is 4.79 Å². The Morgan fingerprint density at radius 1 is 1.00 bits per heavy atom. The Kier molecular flexibility index (Phi) is 10.7. The highest BCUT2D eigenvalue weighted by molar-refractivity contribution is 5.80. The van der Waals surface area contributed by atoms with E-state index >= 15 is 0 Å². The predicted molar refractivity (Wildman–Crippen MR) is 94.1 cm³/mol. The normalized spacial score (nSPS) is 17.0. The van der Waals surface area contributed by atoms with Gasteiger partial charge in [0.25, 0.3) is 0 Å². The molecule has 4 heteroatoms. The van der Waals surface area contributed by atoms with E-state index in [9.17, 15) is 15.0 Å². The molecule has 0 aliphatic carbocycles. The summed E-state index contributed by atoms with van der Waals surface area (Å²) in [6.45, 7) is 7.39. The third-order valence-corrected chi connectivity index (χ3v) is 2.99. The van der Waals surface area contributed by atoms with Gasteiger partial charge < -0.3 is 15.3 Å². The van der Waals surface area contributed by atoms with Crippen LogP contribution >= 0.6 is 0 Å². The van der Waals surface area contributed by atoms with Gasteiger partial charge in [0.1, 0.15) is 0 Å². The van der Waals surface area contributed by atoms with Crippen LogP contribution in [0.4, 0.5) is 0 Å². The standard InChI is InChI=1S/C19H28O4/c1-14(8-10-18(21)13-17(4)20)6-5-7-15(2)12-16(3)9-11-19(22)23/h5-9,11-12,17-18,20-21H,10,13H2,1-4H3,(H,22,23)/b6-5+,11-9+,14-8+,15-7+,16-12+/t17-,18-/m0/s1. The molecule has 0 spiro atoms. The number of carboxylic acid groups (broad SMARTS) is 1. The van der Waals surface area contributed by atoms with Crippen LogP contribution in [-0.2, 0) is 4.79 Å². The molecule has 0 fully saturated rings. The maximum Gasteiger partial charge on any atom is 0.328 e. The lowest BCUT2D eigenvalue weighted by Crippen LogP contribution is -2.13. The second-order valence-electron chi connectivity index (χ2n) is 5.75. The van der Waals surface area contributed by atoms with Gasteiger partial charge in [0.15, 0.2) is 0 Å². The van der Waals surface area contributed by atoms with Crippen LogP contribution in [0.5, 0.6) is 0 Å².